The molecular formula is C14H20N2O3. The van der Waals surface area contributed by atoms with Crippen LogP contribution in [0.2, 0.25) is 0 Å². The molecule has 1 fully saturated rings. The summed E-state index contributed by atoms with van der Waals surface area (Å²) in [5, 5.41) is 0. The third-order valence-electron chi connectivity index (χ3n) is 3.55. The zero-order valence-electron chi connectivity index (χ0n) is 11.6. The molecule has 0 spiro atoms. The number of nitrogens with two attached hydrogens (primary N) is 1. The van der Waals surface area contributed by atoms with Gasteiger partial charge in [-0.15, -0.1) is 0 Å². The summed E-state index contributed by atoms with van der Waals surface area (Å²) in [5.74, 6) is -0.0703. The Bertz CT molecular complexity index is 464. The van der Waals surface area contributed by atoms with Gasteiger partial charge in [0.15, 0.2) is 0 Å². The normalized spacial score (nSPS) is 22.8. The number of aryl methyl sites for hydroxylation is 1. The third kappa shape index (κ3) is 2.72. The number of hydrogen-bond acceptors (Lipinski definition) is 4. The van der Waals surface area contributed by atoms with Gasteiger partial charge >= 0.3 is 0 Å². The van der Waals surface area contributed by atoms with E-state index in [2.05, 4.69) is 0 Å². The predicted octanol–water partition coefficient (Wildman–Crippen LogP) is 1.06. The summed E-state index contributed by atoms with van der Waals surface area (Å²) in [6, 6.07) is 5.47. The van der Waals surface area contributed by atoms with Crippen molar-refractivity contribution in [3.8, 4) is 0 Å². The van der Waals surface area contributed by atoms with Gasteiger partial charge in [0.05, 0.1) is 5.56 Å². The van der Waals surface area contributed by atoms with Crippen LogP contribution in [0.3, 0.4) is 0 Å². The van der Waals surface area contributed by atoms with Gasteiger partial charge in [0, 0.05) is 33.0 Å². The molecule has 0 bridgehead atoms. The molecule has 1 saturated heterocycles. The molecule has 5 nitrogen and oxygen atoms in total. The number of rotatable bonds is 3. The number of benzene rings is 1. The van der Waals surface area contributed by atoms with Crippen molar-refractivity contribution >= 4 is 11.6 Å². The number of carbonyl (C=O) groups excluding carboxylic acids is 1. The molecule has 0 radical (unpaired) electrons. The van der Waals surface area contributed by atoms with E-state index < -0.39 is 0 Å². The van der Waals surface area contributed by atoms with E-state index in [1.165, 1.54) is 0 Å². The van der Waals surface area contributed by atoms with E-state index in [0.717, 1.165) is 5.56 Å². The second-order valence-corrected chi connectivity index (χ2v) is 4.85. The fourth-order valence-electron chi connectivity index (χ4n) is 2.41. The molecule has 19 heavy (non-hydrogen) atoms. The number of nitrogen functional groups attached to an aromatic ring is 1. The SMILES string of the molecule is COC1CN(C(=O)c2ccc(C)cc2N)CC1OC. The van der Waals surface area contributed by atoms with Crippen molar-refractivity contribution in [2.45, 2.75) is 19.1 Å². The van der Waals surface area contributed by atoms with Crippen LogP contribution >= 0.6 is 0 Å². The highest BCUT2D eigenvalue weighted by Crippen LogP contribution is 2.21. The highest BCUT2D eigenvalue weighted by atomic mass is 16.5. The Labute approximate surface area is 113 Å². The summed E-state index contributed by atoms with van der Waals surface area (Å²) in [5.41, 5.74) is 8.01. The molecule has 0 aliphatic carbocycles. The summed E-state index contributed by atoms with van der Waals surface area (Å²) >= 11 is 0. The summed E-state index contributed by atoms with van der Waals surface area (Å²) in [6.07, 6.45) is -0.166. The standard InChI is InChI=1S/C14H20N2O3/c1-9-4-5-10(11(15)6-9)14(17)16-7-12(18-2)13(8-16)19-3/h4-6,12-13H,7-8,15H2,1-3H3. The van der Waals surface area contributed by atoms with Crippen LogP contribution in [0.5, 0.6) is 0 Å². The molecule has 2 N–H and O–H groups in total. The van der Waals surface area contributed by atoms with E-state index in [1.54, 1.807) is 25.2 Å². The second-order valence-electron chi connectivity index (χ2n) is 4.85. The van der Waals surface area contributed by atoms with Crippen LogP contribution < -0.4 is 5.73 Å². The van der Waals surface area contributed by atoms with E-state index in [-0.39, 0.29) is 18.1 Å². The summed E-state index contributed by atoms with van der Waals surface area (Å²) in [6.45, 7) is 3.00. The van der Waals surface area contributed by atoms with E-state index in [9.17, 15) is 4.79 Å². The molecule has 2 atom stereocenters. The zero-order chi connectivity index (χ0) is 14.0. The number of carbonyl (C=O) groups is 1. The topological polar surface area (TPSA) is 64.8 Å². The van der Waals surface area contributed by atoms with Crippen LogP contribution in [0, 0.1) is 6.92 Å². The van der Waals surface area contributed by atoms with Crippen molar-refractivity contribution in [2.24, 2.45) is 0 Å². The quantitative estimate of drug-likeness (QED) is 0.829. The van der Waals surface area contributed by atoms with Gasteiger partial charge in [-0.25, -0.2) is 0 Å². The number of anilines is 1. The monoisotopic (exact) mass is 264 g/mol. The molecular weight excluding hydrogens is 244 g/mol. The molecule has 1 aromatic carbocycles. The molecule has 0 saturated carbocycles. The minimum Gasteiger partial charge on any atom is -0.398 e. The minimum absolute atomic E-state index is 0.0703. The van der Waals surface area contributed by atoms with Gasteiger partial charge in [-0.05, 0) is 24.6 Å². The van der Waals surface area contributed by atoms with Gasteiger partial charge in [0.1, 0.15) is 12.2 Å². The summed E-state index contributed by atoms with van der Waals surface area (Å²) in [7, 11) is 3.26. The largest absolute Gasteiger partial charge is 0.398 e. The van der Waals surface area contributed by atoms with Gasteiger partial charge in [-0.3, -0.25) is 4.79 Å². The average Bonchev–Trinajstić information content (AvgIpc) is 2.81. The molecule has 104 valence electrons. The lowest BCUT2D eigenvalue weighted by atomic mass is 10.1. The molecule has 1 aliphatic rings. The van der Waals surface area contributed by atoms with Crippen molar-refractivity contribution in [1.82, 2.24) is 4.90 Å². The maximum absolute atomic E-state index is 12.4. The van der Waals surface area contributed by atoms with Gasteiger partial charge in [0.25, 0.3) is 5.91 Å². The van der Waals surface area contributed by atoms with Crippen LogP contribution in [-0.4, -0.2) is 50.3 Å². The smallest absolute Gasteiger partial charge is 0.256 e. The maximum atomic E-state index is 12.4. The number of likely N-dealkylation sites (tertiary alicyclic amines) is 1. The Morgan fingerprint density at radius 1 is 1.26 bits per heavy atom. The molecule has 2 unspecified atom stereocenters. The number of hydrogen-bond donors (Lipinski definition) is 1. The van der Waals surface area contributed by atoms with Crippen LogP contribution in [0.1, 0.15) is 15.9 Å². The van der Waals surface area contributed by atoms with Crippen molar-refractivity contribution in [3.63, 3.8) is 0 Å². The molecule has 5 heteroatoms. The van der Waals surface area contributed by atoms with E-state index in [0.29, 0.717) is 24.3 Å². The first-order valence-corrected chi connectivity index (χ1v) is 6.27. The average molecular weight is 264 g/mol. The molecule has 2 rings (SSSR count). The highest BCUT2D eigenvalue weighted by molar-refractivity contribution is 5.99. The van der Waals surface area contributed by atoms with Gasteiger partial charge in [-0.1, -0.05) is 6.07 Å². The van der Waals surface area contributed by atoms with Gasteiger partial charge < -0.3 is 20.1 Å². The lowest BCUT2D eigenvalue weighted by molar-refractivity contribution is -0.00461. The summed E-state index contributed by atoms with van der Waals surface area (Å²) in [4.78, 5) is 14.2. The van der Waals surface area contributed by atoms with Crippen LogP contribution in [0.15, 0.2) is 18.2 Å². The summed E-state index contributed by atoms with van der Waals surface area (Å²) < 4.78 is 10.7. The molecule has 1 heterocycles. The van der Waals surface area contributed by atoms with Gasteiger partial charge in [0.2, 0.25) is 0 Å². The fraction of sp³-hybridized carbons (Fsp3) is 0.500. The van der Waals surface area contributed by atoms with Gasteiger partial charge in [-0.2, -0.15) is 0 Å². The number of methoxy groups -OCH3 is 2. The first-order chi connectivity index (χ1) is 9.06. The molecule has 1 aliphatic heterocycles. The van der Waals surface area contributed by atoms with Crippen molar-refractivity contribution in [3.05, 3.63) is 29.3 Å². The maximum Gasteiger partial charge on any atom is 0.256 e. The Morgan fingerprint density at radius 3 is 2.32 bits per heavy atom. The first kappa shape index (κ1) is 13.8. The molecule has 1 amide bonds. The molecule has 0 aromatic heterocycles. The lowest BCUT2D eigenvalue weighted by Gasteiger charge is -2.17. The Hall–Kier alpha value is -1.59. The van der Waals surface area contributed by atoms with Crippen molar-refractivity contribution in [1.29, 1.82) is 0 Å². The number of nitrogens with zero attached hydrogens (tertiary/aromatic N) is 1. The van der Waals surface area contributed by atoms with Crippen LogP contribution in [0.25, 0.3) is 0 Å². The van der Waals surface area contributed by atoms with E-state index >= 15 is 0 Å². The lowest BCUT2D eigenvalue weighted by Crippen LogP contribution is -2.30. The Kier molecular flexibility index (Phi) is 4.07. The minimum atomic E-state index is -0.0828. The molecule has 1 aromatic rings. The van der Waals surface area contributed by atoms with E-state index in [4.69, 9.17) is 15.2 Å². The number of ether oxygens (including phenoxy) is 2. The predicted molar refractivity (Wildman–Crippen MR) is 73.1 cm³/mol. The first-order valence-electron chi connectivity index (χ1n) is 6.27. The number of amides is 1. The third-order valence-corrected chi connectivity index (χ3v) is 3.55. The highest BCUT2D eigenvalue weighted by Gasteiger charge is 2.36. The Balaban J connectivity index is 2.17. The van der Waals surface area contributed by atoms with Crippen LogP contribution in [-0.2, 0) is 9.47 Å². The van der Waals surface area contributed by atoms with Crippen molar-refractivity contribution < 1.29 is 14.3 Å². The second kappa shape index (κ2) is 5.59. The fourth-order valence-corrected chi connectivity index (χ4v) is 2.41. The zero-order valence-corrected chi connectivity index (χ0v) is 11.6. The van der Waals surface area contributed by atoms with E-state index in [1.807, 2.05) is 19.1 Å². The Morgan fingerprint density at radius 2 is 1.84 bits per heavy atom. The van der Waals surface area contributed by atoms with Crippen molar-refractivity contribution in [2.75, 3.05) is 33.0 Å². The van der Waals surface area contributed by atoms with Crippen LogP contribution in [0.4, 0.5) is 5.69 Å².